The molecule has 0 spiro atoms. The van der Waals surface area contributed by atoms with Crippen molar-refractivity contribution in [2.75, 3.05) is 7.05 Å². The van der Waals surface area contributed by atoms with Gasteiger partial charge in [-0.05, 0) is 19.2 Å². The molecule has 3 heterocycles. The number of fused-ring (bicyclic) bond motifs is 3. The zero-order valence-corrected chi connectivity index (χ0v) is 13.1. The van der Waals surface area contributed by atoms with Gasteiger partial charge in [-0.2, -0.15) is 0 Å². The van der Waals surface area contributed by atoms with E-state index in [2.05, 4.69) is 20.5 Å². The van der Waals surface area contributed by atoms with Crippen LogP contribution in [-0.2, 0) is 0 Å². The Hall–Kier alpha value is -2.57. The molecule has 0 saturated carbocycles. The van der Waals surface area contributed by atoms with Gasteiger partial charge in [0.2, 0.25) is 0 Å². The minimum atomic E-state index is -0.319. The Balaban J connectivity index is 2.03. The Bertz CT molecular complexity index is 887. The maximum absolute atomic E-state index is 6.13. The molecule has 1 N–H and O–H groups in total. The highest BCUT2D eigenvalue weighted by Gasteiger charge is 2.26. The Morgan fingerprint density at radius 3 is 2.74 bits per heavy atom. The zero-order chi connectivity index (χ0) is 15.8. The molecular weight excluding hydrogens is 312 g/mol. The molecule has 2 aromatic heterocycles. The van der Waals surface area contributed by atoms with Crippen molar-refractivity contribution in [1.29, 1.82) is 0 Å². The van der Waals surface area contributed by atoms with Crippen LogP contribution in [0.2, 0.25) is 5.15 Å². The predicted molar refractivity (Wildman–Crippen MR) is 88.0 cm³/mol. The Morgan fingerprint density at radius 2 is 1.96 bits per heavy atom. The highest BCUT2D eigenvalue weighted by Crippen LogP contribution is 2.28. The van der Waals surface area contributed by atoms with E-state index in [0.29, 0.717) is 16.7 Å². The number of nitrogens with zero attached hydrogens (tertiary/aromatic N) is 5. The van der Waals surface area contributed by atoms with Crippen molar-refractivity contribution in [2.24, 2.45) is 4.99 Å². The van der Waals surface area contributed by atoms with E-state index in [9.17, 15) is 0 Å². The minimum absolute atomic E-state index is 0.319. The van der Waals surface area contributed by atoms with Crippen LogP contribution in [0.3, 0.4) is 0 Å². The Kier molecular flexibility index (Phi) is 3.40. The van der Waals surface area contributed by atoms with Crippen molar-refractivity contribution < 1.29 is 0 Å². The van der Waals surface area contributed by atoms with Crippen LogP contribution >= 0.6 is 11.6 Å². The van der Waals surface area contributed by atoms with Gasteiger partial charge in [0.05, 0.1) is 11.4 Å². The van der Waals surface area contributed by atoms with E-state index in [1.165, 1.54) is 0 Å². The van der Waals surface area contributed by atoms with Gasteiger partial charge in [0.1, 0.15) is 17.2 Å². The Morgan fingerprint density at radius 1 is 1.13 bits per heavy atom. The molecule has 6 nitrogen and oxygen atoms in total. The third kappa shape index (κ3) is 2.32. The van der Waals surface area contributed by atoms with E-state index in [1.807, 2.05) is 48.0 Å². The number of nitrogens with one attached hydrogen (secondary N) is 1. The smallest absolute Gasteiger partial charge is 0.177 e. The molecule has 114 valence electrons. The predicted octanol–water partition coefficient (Wildman–Crippen LogP) is 2.38. The van der Waals surface area contributed by atoms with Crippen molar-refractivity contribution in [1.82, 2.24) is 25.1 Å². The maximum atomic E-state index is 6.13. The molecule has 7 heteroatoms. The summed E-state index contributed by atoms with van der Waals surface area (Å²) in [6, 6.07) is 13.6. The molecule has 1 aliphatic rings. The Labute approximate surface area is 137 Å². The molecule has 1 atom stereocenters. The third-order valence-electron chi connectivity index (χ3n) is 3.72. The summed E-state index contributed by atoms with van der Waals surface area (Å²) in [7, 11) is 1.84. The summed E-state index contributed by atoms with van der Waals surface area (Å²) in [6.45, 7) is 0. The number of aromatic nitrogens is 4. The number of aliphatic imine (C=N–C) groups is 1. The van der Waals surface area contributed by atoms with E-state index < -0.39 is 0 Å². The zero-order valence-electron chi connectivity index (χ0n) is 12.3. The first-order valence-corrected chi connectivity index (χ1v) is 7.53. The highest BCUT2D eigenvalue weighted by atomic mass is 35.5. The molecule has 0 radical (unpaired) electrons. The lowest BCUT2D eigenvalue weighted by atomic mass is 10.1. The van der Waals surface area contributed by atoms with Gasteiger partial charge in [0, 0.05) is 5.56 Å². The monoisotopic (exact) mass is 324 g/mol. The first-order chi connectivity index (χ1) is 11.3. The van der Waals surface area contributed by atoms with Crippen LogP contribution in [0.15, 0.2) is 53.8 Å². The molecule has 23 heavy (non-hydrogen) atoms. The van der Waals surface area contributed by atoms with Gasteiger partial charge >= 0.3 is 0 Å². The van der Waals surface area contributed by atoms with Crippen molar-refractivity contribution in [2.45, 2.75) is 6.17 Å². The van der Waals surface area contributed by atoms with E-state index in [1.54, 1.807) is 12.4 Å². The molecule has 0 fully saturated rings. The molecule has 3 aromatic rings. The second-order valence-corrected chi connectivity index (χ2v) is 5.48. The quantitative estimate of drug-likeness (QED) is 0.735. The topological polar surface area (TPSA) is 68.0 Å². The number of rotatable bonds is 2. The van der Waals surface area contributed by atoms with Crippen molar-refractivity contribution in [3.05, 3.63) is 71.0 Å². The van der Waals surface area contributed by atoms with Gasteiger partial charge in [-0.3, -0.25) is 14.9 Å². The van der Waals surface area contributed by atoms with Gasteiger partial charge in [0.15, 0.2) is 12.0 Å². The first-order valence-electron chi connectivity index (χ1n) is 7.15. The standard InChI is InChI=1S/C16H13ClN6/c1-18-15-16-22-19-9-23(16)11-7-8-12(17)20-14(11)13(21-15)10-5-3-2-4-6-10/h2-9,15,18H,1H3. The average Bonchev–Trinajstić information content (AvgIpc) is 3.01. The fourth-order valence-electron chi connectivity index (χ4n) is 2.66. The number of benzene rings is 1. The van der Waals surface area contributed by atoms with Gasteiger partial charge in [-0.1, -0.05) is 41.9 Å². The van der Waals surface area contributed by atoms with Gasteiger partial charge in [0.25, 0.3) is 0 Å². The average molecular weight is 325 g/mol. The molecule has 1 unspecified atom stereocenters. The van der Waals surface area contributed by atoms with Crippen LogP contribution in [0.1, 0.15) is 23.2 Å². The van der Waals surface area contributed by atoms with Gasteiger partial charge < -0.3 is 0 Å². The maximum Gasteiger partial charge on any atom is 0.177 e. The summed E-state index contributed by atoms with van der Waals surface area (Å²) in [5.41, 5.74) is 3.31. The van der Waals surface area contributed by atoms with E-state index in [4.69, 9.17) is 16.6 Å². The number of hydrogen-bond donors (Lipinski definition) is 1. The second kappa shape index (κ2) is 5.57. The lowest BCUT2D eigenvalue weighted by Crippen LogP contribution is -2.18. The van der Waals surface area contributed by atoms with Crippen molar-refractivity contribution in [3.63, 3.8) is 0 Å². The lowest BCUT2D eigenvalue weighted by Gasteiger charge is -2.10. The summed E-state index contributed by atoms with van der Waals surface area (Å²) < 4.78 is 1.89. The van der Waals surface area contributed by atoms with Crippen LogP contribution in [-0.4, -0.2) is 32.5 Å². The second-order valence-electron chi connectivity index (χ2n) is 5.10. The SMILES string of the molecule is CNC1N=C(c2ccccc2)c2nc(Cl)ccc2-n2cnnc21. The fraction of sp³-hybridized carbons (Fsp3) is 0.125. The summed E-state index contributed by atoms with van der Waals surface area (Å²) in [6.07, 6.45) is 1.35. The van der Waals surface area contributed by atoms with Gasteiger partial charge in [-0.25, -0.2) is 4.98 Å². The molecular formula is C16H13ClN6. The fourth-order valence-corrected chi connectivity index (χ4v) is 2.81. The van der Waals surface area contributed by atoms with Crippen LogP contribution in [0.25, 0.3) is 5.69 Å². The highest BCUT2D eigenvalue weighted by molar-refractivity contribution is 6.29. The normalized spacial score (nSPS) is 16.3. The van der Waals surface area contributed by atoms with Gasteiger partial charge in [-0.15, -0.1) is 10.2 Å². The van der Waals surface area contributed by atoms with E-state index in [-0.39, 0.29) is 6.17 Å². The first kappa shape index (κ1) is 14.0. The lowest BCUT2D eigenvalue weighted by molar-refractivity contribution is 0.579. The molecule has 0 aliphatic carbocycles. The largest absolute Gasteiger partial charge is 0.292 e. The van der Waals surface area contributed by atoms with Crippen LogP contribution in [0.5, 0.6) is 0 Å². The summed E-state index contributed by atoms with van der Waals surface area (Å²) in [4.78, 5) is 9.33. The molecule has 1 aromatic carbocycles. The third-order valence-corrected chi connectivity index (χ3v) is 3.93. The summed E-state index contributed by atoms with van der Waals surface area (Å²) in [5, 5.41) is 11.8. The summed E-state index contributed by atoms with van der Waals surface area (Å²) >= 11 is 6.13. The molecule has 0 saturated heterocycles. The molecule has 0 amide bonds. The van der Waals surface area contributed by atoms with Crippen LogP contribution < -0.4 is 5.32 Å². The number of pyridine rings is 1. The van der Waals surface area contributed by atoms with E-state index in [0.717, 1.165) is 17.0 Å². The summed E-state index contributed by atoms with van der Waals surface area (Å²) in [5.74, 6) is 0.712. The minimum Gasteiger partial charge on any atom is -0.292 e. The van der Waals surface area contributed by atoms with Crippen molar-refractivity contribution >= 4 is 17.3 Å². The number of halogens is 1. The molecule has 0 bridgehead atoms. The molecule has 4 rings (SSSR count). The van der Waals surface area contributed by atoms with E-state index >= 15 is 0 Å². The molecule has 1 aliphatic heterocycles. The van der Waals surface area contributed by atoms with Crippen LogP contribution in [0.4, 0.5) is 0 Å². The van der Waals surface area contributed by atoms with Crippen LogP contribution in [0, 0.1) is 0 Å². The van der Waals surface area contributed by atoms with Crippen molar-refractivity contribution in [3.8, 4) is 5.69 Å². The number of hydrogen-bond acceptors (Lipinski definition) is 5.